The summed E-state index contributed by atoms with van der Waals surface area (Å²) in [5.41, 5.74) is 0.781. The average molecular weight is 208 g/mol. The lowest BCUT2D eigenvalue weighted by Crippen LogP contribution is -2.02. The molecule has 0 saturated heterocycles. The Morgan fingerprint density at radius 3 is 2.53 bits per heavy atom. The second-order valence-corrected chi connectivity index (χ2v) is 3.02. The molecule has 0 aliphatic carbocycles. The molecule has 0 fully saturated rings. The first-order valence-electron chi connectivity index (χ1n) is 4.48. The smallest absolute Gasteiger partial charge is 0.308 e. The Balaban J connectivity index is 2.65. The normalized spacial score (nSPS) is 9.47. The first kappa shape index (κ1) is 11.2. The maximum atomic E-state index is 10.7. The van der Waals surface area contributed by atoms with Gasteiger partial charge in [-0.15, -0.1) is 0 Å². The predicted octanol–water partition coefficient (Wildman–Crippen LogP) is 1.68. The molecule has 0 radical (unpaired) electrons. The molecular formula is C11H12O4. The van der Waals surface area contributed by atoms with Crippen molar-refractivity contribution in [3.8, 4) is 5.75 Å². The first-order chi connectivity index (χ1) is 7.08. The number of rotatable bonds is 3. The zero-order valence-electron chi connectivity index (χ0n) is 8.65. The van der Waals surface area contributed by atoms with E-state index in [2.05, 4.69) is 0 Å². The van der Waals surface area contributed by atoms with E-state index in [9.17, 15) is 9.59 Å². The number of hydrogen-bond acceptors (Lipinski definition) is 4. The maximum Gasteiger partial charge on any atom is 0.308 e. The summed E-state index contributed by atoms with van der Waals surface area (Å²) in [4.78, 5) is 21.3. The third-order valence-electron chi connectivity index (χ3n) is 1.60. The number of ether oxygens (including phenoxy) is 2. The highest BCUT2D eigenvalue weighted by Crippen LogP contribution is 2.14. The highest BCUT2D eigenvalue weighted by atomic mass is 16.5. The summed E-state index contributed by atoms with van der Waals surface area (Å²) in [5, 5.41) is 0. The molecule has 0 spiro atoms. The summed E-state index contributed by atoms with van der Waals surface area (Å²) >= 11 is 0. The van der Waals surface area contributed by atoms with Gasteiger partial charge in [0, 0.05) is 13.8 Å². The molecule has 0 heterocycles. The largest absolute Gasteiger partial charge is 0.461 e. The van der Waals surface area contributed by atoms with Crippen molar-refractivity contribution in [1.82, 2.24) is 0 Å². The Morgan fingerprint density at radius 1 is 1.20 bits per heavy atom. The van der Waals surface area contributed by atoms with E-state index in [1.54, 1.807) is 24.3 Å². The van der Waals surface area contributed by atoms with Gasteiger partial charge >= 0.3 is 11.9 Å². The van der Waals surface area contributed by atoms with Crippen LogP contribution in [0.1, 0.15) is 19.4 Å². The summed E-state index contributed by atoms with van der Waals surface area (Å²) in [6.45, 7) is 2.86. The highest BCUT2D eigenvalue weighted by molar-refractivity contribution is 5.69. The maximum absolute atomic E-state index is 10.7. The zero-order valence-corrected chi connectivity index (χ0v) is 8.65. The lowest BCUT2D eigenvalue weighted by atomic mass is 10.2. The van der Waals surface area contributed by atoms with Gasteiger partial charge in [-0.2, -0.15) is 0 Å². The van der Waals surface area contributed by atoms with Crippen molar-refractivity contribution >= 4 is 11.9 Å². The van der Waals surface area contributed by atoms with E-state index in [1.165, 1.54) is 13.8 Å². The van der Waals surface area contributed by atoms with Crippen LogP contribution in [0.15, 0.2) is 24.3 Å². The van der Waals surface area contributed by atoms with Crippen molar-refractivity contribution in [2.45, 2.75) is 20.5 Å². The van der Waals surface area contributed by atoms with Crippen LogP contribution in [0.5, 0.6) is 5.75 Å². The summed E-state index contributed by atoms with van der Waals surface area (Å²) in [6.07, 6.45) is 0. The molecule has 15 heavy (non-hydrogen) atoms. The highest BCUT2D eigenvalue weighted by Gasteiger charge is 2.01. The van der Waals surface area contributed by atoms with E-state index >= 15 is 0 Å². The van der Waals surface area contributed by atoms with Crippen molar-refractivity contribution in [1.29, 1.82) is 0 Å². The molecule has 0 aromatic heterocycles. The summed E-state index contributed by atoms with van der Waals surface area (Å²) in [5.74, 6) is -0.264. The Hall–Kier alpha value is -1.84. The molecule has 80 valence electrons. The topological polar surface area (TPSA) is 52.6 Å². The number of esters is 2. The summed E-state index contributed by atoms with van der Waals surface area (Å²) < 4.78 is 9.69. The van der Waals surface area contributed by atoms with Crippen LogP contribution in [0.25, 0.3) is 0 Å². The SMILES string of the molecule is CC(=O)OCc1cccc(OC(C)=O)c1. The lowest BCUT2D eigenvalue weighted by molar-refractivity contribution is -0.142. The van der Waals surface area contributed by atoms with Crippen molar-refractivity contribution in [3.63, 3.8) is 0 Å². The summed E-state index contributed by atoms with van der Waals surface area (Å²) in [7, 11) is 0. The van der Waals surface area contributed by atoms with Crippen molar-refractivity contribution in [3.05, 3.63) is 29.8 Å². The monoisotopic (exact) mass is 208 g/mol. The van der Waals surface area contributed by atoms with Crippen LogP contribution < -0.4 is 4.74 Å². The quantitative estimate of drug-likeness (QED) is 0.560. The Bertz CT molecular complexity index is 371. The van der Waals surface area contributed by atoms with Crippen LogP contribution >= 0.6 is 0 Å². The Kier molecular flexibility index (Phi) is 3.85. The van der Waals surface area contributed by atoms with Crippen LogP contribution in [0, 0.1) is 0 Å². The second-order valence-electron chi connectivity index (χ2n) is 3.02. The third kappa shape index (κ3) is 4.26. The average Bonchev–Trinajstić information content (AvgIpc) is 2.14. The van der Waals surface area contributed by atoms with Gasteiger partial charge in [0.25, 0.3) is 0 Å². The standard InChI is InChI=1S/C11H12O4/c1-8(12)14-7-10-4-3-5-11(6-10)15-9(2)13/h3-6H,7H2,1-2H3. The molecule has 1 rings (SSSR count). The molecule has 0 unspecified atom stereocenters. The van der Waals surface area contributed by atoms with Gasteiger partial charge in [0.2, 0.25) is 0 Å². The second kappa shape index (κ2) is 5.14. The van der Waals surface area contributed by atoms with Crippen LogP contribution in [-0.2, 0) is 20.9 Å². The third-order valence-corrected chi connectivity index (χ3v) is 1.60. The molecule has 0 atom stereocenters. The molecule has 4 heteroatoms. The zero-order chi connectivity index (χ0) is 11.3. The molecule has 0 N–H and O–H groups in total. The number of hydrogen-bond donors (Lipinski definition) is 0. The van der Waals surface area contributed by atoms with Crippen LogP contribution in [0.4, 0.5) is 0 Å². The Morgan fingerprint density at radius 2 is 1.93 bits per heavy atom. The molecule has 4 nitrogen and oxygen atoms in total. The van der Waals surface area contributed by atoms with E-state index in [-0.39, 0.29) is 18.5 Å². The van der Waals surface area contributed by atoms with Gasteiger partial charge < -0.3 is 9.47 Å². The number of carbonyl (C=O) groups excluding carboxylic acids is 2. The van der Waals surface area contributed by atoms with E-state index in [4.69, 9.17) is 9.47 Å². The van der Waals surface area contributed by atoms with Gasteiger partial charge in [-0.1, -0.05) is 12.1 Å². The predicted molar refractivity (Wildman–Crippen MR) is 53.2 cm³/mol. The van der Waals surface area contributed by atoms with Crippen LogP contribution in [0.3, 0.4) is 0 Å². The van der Waals surface area contributed by atoms with Gasteiger partial charge in [-0.05, 0) is 17.7 Å². The van der Waals surface area contributed by atoms with Gasteiger partial charge in [0.05, 0.1) is 0 Å². The molecule has 1 aromatic carbocycles. The fourth-order valence-electron chi connectivity index (χ4n) is 1.05. The van der Waals surface area contributed by atoms with E-state index in [1.807, 2.05) is 0 Å². The molecule has 0 saturated carbocycles. The summed E-state index contributed by atoms with van der Waals surface area (Å²) in [6, 6.07) is 6.84. The van der Waals surface area contributed by atoms with Gasteiger partial charge in [-0.25, -0.2) is 0 Å². The number of carbonyl (C=O) groups is 2. The fraction of sp³-hybridized carbons (Fsp3) is 0.273. The molecule has 0 aliphatic rings. The molecular weight excluding hydrogens is 196 g/mol. The van der Waals surface area contributed by atoms with Crippen LogP contribution in [-0.4, -0.2) is 11.9 Å². The van der Waals surface area contributed by atoms with Crippen LogP contribution in [0.2, 0.25) is 0 Å². The number of benzene rings is 1. The molecule has 0 aliphatic heterocycles. The van der Waals surface area contributed by atoms with E-state index < -0.39 is 0 Å². The minimum atomic E-state index is -0.375. The van der Waals surface area contributed by atoms with Crippen molar-refractivity contribution in [2.75, 3.05) is 0 Å². The molecule has 0 bridgehead atoms. The lowest BCUT2D eigenvalue weighted by Gasteiger charge is -2.04. The molecule has 0 amide bonds. The van der Waals surface area contributed by atoms with Crippen molar-refractivity contribution < 1.29 is 19.1 Å². The minimum Gasteiger partial charge on any atom is -0.461 e. The minimum absolute atomic E-state index is 0.185. The van der Waals surface area contributed by atoms with E-state index in [0.717, 1.165) is 5.56 Å². The Labute approximate surface area is 87.8 Å². The fourth-order valence-corrected chi connectivity index (χ4v) is 1.05. The van der Waals surface area contributed by atoms with Gasteiger partial charge in [0.1, 0.15) is 12.4 Å². The first-order valence-corrected chi connectivity index (χ1v) is 4.48. The van der Waals surface area contributed by atoms with Gasteiger partial charge in [-0.3, -0.25) is 9.59 Å². The van der Waals surface area contributed by atoms with Crippen molar-refractivity contribution in [2.24, 2.45) is 0 Å². The van der Waals surface area contributed by atoms with E-state index in [0.29, 0.717) is 5.75 Å². The molecule has 1 aromatic rings. The van der Waals surface area contributed by atoms with Gasteiger partial charge in [0.15, 0.2) is 0 Å².